The minimum absolute atomic E-state index is 0.123. The molecule has 2 fully saturated rings. The number of nitrogens with zero attached hydrogens (tertiary/aromatic N) is 3. The van der Waals surface area contributed by atoms with Crippen LogP contribution >= 0.6 is 15.9 Å². The zero-order valence-electron chi connectivity index (χ0n) is 13.0. The van der Waals surface area contributed by atoms with Crippen LogP contribution in [0.4, 0.5) is 0 Å². The molecule has 7 heteroatoms. The number of aliphatic imine (C=N–C) groups is 1. The van der Waals surface area contributed by atoms with E-state index in [1.165, 1.54) is 0 Å². The van der Waals surface area contributed by atoms with E-state index in [1.54, 1.807) is 0 Å². The van der Waals surface area contributed by atoms with Gasteiger partial charge in [-0.05, 0) is 24.1 Å². The van der Waals surface area contributed by atoms with Crippen molar-refractivity contribution in [3.8, 4) is 12.1 Å². The summed E-state index contributed by atoms with van der Waals surface area (Å²) in [7, 11) is 0. The number of halogens is 1. The maximum Gasteiger partial charge on any atom is 0.293 e. The van der Waals surface area contributed by atoms with E-state index in [4.69, 9.17) is 15.2 Å². The second-order valence-corrected chi connectivity index (χ2v) is 7.18. The number of benzene rings is 1. The molecule has 0 bridgehead atoms. The van der Waals surface area contributed by atoms with Gasteiger partial charge in [-0.2, -0.15) is 10.5 Å². The summed E-state index contributed by atoms with van der Waals surface area (Å²) < 4.78 is 12.5. The molecule has 0 unspecified atom stereocenters. The lowest BCUT2D eigenvalue weighted by Crippen LogP contribution is -2.42. The molecule has 1 aliphatic carbocycles. The molecule has 3 aliphatic rings. The fourth-order valence-electron chi connectivity index (χ4n) is 4.94. The number of hydrogen-bond acceptors (Lipinski definition) is 6. The number of amidine groups is 1. The Morgan fingerprint density at radius 1 is 1.21 bits per heavy atom. The molecular weight excluding hydrogens is 372 g/mol. The molecule has 24 heavy (non-hydrogen) atoms. The predicted octanol–water partition coefficient (Wildman–Crippen LogP) is 2.20. The molecule has 1 spiro atoms. The van der Waals surface area contributed by atoms with Crippen molar-refractivity contribution in [2.24, 2.45) is 21.6 Å². The van der Waals surface area contributed by atoms with Gasteiger partial charge in [0.1, 0.15) is 5.84 Å². The number of rotatable bonds is 2. The molecule has 0 amide bonds. The lowest BCUT2D eigenvalue weighted by atomic mass is 9.80. The first-order chi connectivity index (χ1) is 11.5. The smallest absolute Gasteiger partial charge is 0.293 e. The topological polar surface area (TPSA) is 104 Å². The molecule has 0 radical (unpaired) electrons. The van der Waals surface area contributed by atoms with Crippen LogP contribution in [0.2, 0.25) is 0 Å². The summed E-state index contributed by atoms with van der Waals surface area (Å²) in [5.74, 6) is -1.37. The van der Waals surface area contributed by atoms with Crippen LogP contribution in [0.25, 0.3) is 0 Å². The van der Waals surface area contributed by atoms with Crippen LogP contribution in [0.3, 0.4) is 0 Å². The van der Waals surface area contributed by atoms with Gasteiger partial charge in [-0.15, -0.1) is 0 Å². The van der Waals surface area contributed by atoms with Crippen molar-refractivity contribution in [3.05, 3.63) is 34.3 Å². The Kier molecular flexibility index (Phi) is 2.97. The Balaban J connectivity index is 2.03. The first kappa shape index (κ1) is 15.6. The maximum absolute atomic E-state index is 10.2. The Morgan fingerprint density at radius 2 is 1.83 bits per heavy atom. The Morgan fingerprint density at radius 3 is 2.33 bits per heavy atom. The highest BCUT2D eigenvalue weighted by Gasteiger charge is 3.01. The lowest BCUT2D eigenvalue weighted by molar-refractivity contribution is -0.188. The highest BCUT2D eigenvalue weighted by Crippen LogP contribution is 2.86. The van der Waals surface area contributed by atoms with E-state index >= 15 is 0 Å². The van der Waals surface area contributed by atoms with Gasteiger partial charge < -0.3 is 15.2 Å². The van der Waals surface area contributed by atoms with Gasteiger partial charge >= 0.3 is 0 Å². The molecule has 1 saturated carbocycles. The third-order valence-corrected chi connectivity index (χ3v) is 6.32. The van der Waals surface area contributed by atoms with Crippen LogP contribution in [0, 0.1) is 33.5 Å². The Bertz CT molecular complexity index is 834. The summed E-state index contributed by atoms with van der Waals surface area (Å²) in [5, 5.41) is 20.3. The zero-order valence-corrected chi connectivity index (χ0v) is 14.6. The van der Waals surface area contributed by atoms with Crippen LogP contribution in [0.1, 0.15) is 18.9 Å². The minimum Gasteiger partial charge on any atom is -0.386 e. The van der Waals surface area contributed by atoms with Gasteiger partial charge in [0, 0.05) is 4.47 Å². The fraction of sp³-hybridized carbons (Fsp3) is 0.471. The molecular formula is C17H15BrN4O2. The van der Waals surface area contributed by atoms with Gasteiger partial charge in [-0.3, -0.25) is 0 Å². The first-order valence-electron chi connectivity index (χ1n) is 7.74. The molecule has 2 heterocycles. The molecule has 1 aromatic rings. The van der Waals surface area contributed by atoms with E-state index in [1.807, 2.05) is 31.2 Å². The fourth-order valence-corrected chi connectivity index (χ4v) is 5.21. The molecule has 6 nitrogen and oxygen atoms in total. The average molecular weight is 387 g/mol. The third kappa shape index (κ3) is 1.23. The minimum atomic E-state index is -1.50. The number of nitrogens with two attached hydrogens (primary N) is 1. The molecule has 3 atom stereocenters. The highest BCUT2D eigenvalue weighted by molar-refractivity contribution is 9.10. The number of nitriles is 2. The van der Waals surface area contributed by atoms with Gasteiger partial charge in [-0.25, -0.2) is 4.99 Å². The molecule has 4 rings (SSSR count). The lowest BCUT2D eigenvalue weighted by Gasteiger charge is -2.31. The zero-order chi connectivity index (χ0) is 17.2. The van der Waals surface area contributed by atoms with E-state index < -0.39 is 22.2 Å². The van der Waals surface area contributed by atoms with Crippen molar-refractivity contribution in [1.82, 2.24) is 0 Å². The second-order valence-electron chi connectivity index (χ2n) is 6.27. The van der Waals surface area contributed by atoms with Crippen LogP contribution in [-0.4, -0.2) is 25.0 Å². The van der Waals surface area contributed by atoms with E-state index in [2.05, 4.69) is 33.1 Å². The Labute approximate surface area is 148 Å². The van der Waals surface area contributed by atoms with E-state index in [9.17, 15) is 10.5 Å². The van der Waals surface area contributed by atoms with Crippen molar-refractivity contribution in [3.63, 3.8) is 0 Å². The standard InChI is InChI=1S/C17H15BrN4O2/c1-2-14(11-3-5-12(18)6-4-11)15(9-19)13(21)22-17(16(14,15)10-20)23-7-8-24-17/h3-6H,2,7-8H2,1H3,(H2,21,22)/t14-,15-,16+/m0/s1. The number of fused-ring (bicyclic) bond motifs is 2. The van der Waals surface area contributed by atoms with Crippen LogP contribution in [-0.2, 0) is 14.9 Å². The van der Waals surface area contributed by atoms with E-state index in [0.717, 1.165) is 10.0 Å². The monoisotopic (exact) mass is 386 g/mol. The summed E-state index contributed by atoms with van der Waals surface area (Å²) in [6.07, 6.45) is 0.542. The number of hydrogen-bond donors (Lipinski definition) is 1. The van der Waals surface area contributed by atoms with Crippen molar-refractivity contribution >= 4 is 21.8 Å². The largest absolute Gasteiger partial charge is 0.386 e. The highest BCUT2D eigenvalue weighted by atomic mass is 79.9. The molecule has 122 valence electrons. The van der Waals surface area contributed by atoms with Gasteiger partial charge in [0.05, 0.1) is 30.8 Å². The summed E-state index contributed by atoms with van der Waals surface area (Å²) in [5.41, 5.74) is 3.72. The SMILES string of the molecule is CC[C@]1(c2ccc(Br)cc2)[C@]2(C#N)C(N)=NC3(OCCO3)[C@@]21C#N. The van der Waals surface area contributed by atoms with Crippen LogP contribution < -0.4 is 5.73 Å². The normalized spacial score (nSPS) is 38.2. The van der Waals surface area contributed by atoms with Crippen molar-refractivity contribution in [2.45, 2.75) is 24.7 Å². The Hall–Kier alpha value is -1.93. The summed E-state index contributed by atoms with van der Waals surface area (Å²) >= 11 is 3.42. The maximum atomic E-state index is 10.2. The molecule has 1 saturated heterocycles. The predicted molar refractivity (Wildman–Crippen MR) is 88.5 cm³/mol. The quantitative estimate of drug-likeness (QED) is 0.838. The van der Waals surface area contributed by atoms with Crippen molar-refractivity contribution in [2.75, 3.05) is 13.2 Å². The average Bonchev–Trinajstić information content (AvgIpc) is 2.81. The molecule has 2 aliphatic heterocycles. The van der Waals surface area contributed by atoms with Gasteiger partial charge in [0.2, 0.25) is 0 Å². The van der Waals surface area contributed by atoms with Gasteiger partial charge in [-0.1, -0.05) is 35.0 Å². The van der Waals surface area contributed by atoms with E-state index in [-0.39, 0.29) is 5.84 Å². The van der Waals surface area contributed by atoms with Crippen molar-refractivity contribution < 1.29 is 9.47 Å². The van der Waals surface area contributed by atoms with Gasteiger partial charge in [0.15, 0.2) is 10.8 Å². The molecule has 0 aromatic heterocycles. The first-order valence-corrected chi connectivity index (χ1v) is 8.53. The van der Waals surface area contributed by atoms with Crippen LogP contribution in [0.5, 0.6) is 0 Å². The van der Waals surface area contributed by atoms with Gasteiger partial charge in [0.25, 0.3) is 5.91 Å². The second kappa shape index (κ2) is 4.58. The molecule has 2 N–H and O–H groups in total. The summed E-state index contributed by atoms with van der Waals surface area (Å²) in [6.45, 7) is 2.60. The molecule has 1 aromatic carbocycles. The summed E-state index contributed by atoms with van der Waals surface area (Å²) in [4.78, 5) is 4.32. The van der Waals surface area contributed by atoms with E-state index in [0.29, 0.717) is 19.6 Å². The third-order valence-electron chi connectivity index (χ3n) is 5.79. The number of ether oxygens (including phenoxy) is 2. The van der Waals surface area contributed by atoms with Crippen LogP contribution in [0.15, 0.2) is 33.7 Å². The van der Waals surface area contributed by atoms with Crippen molar-refractivity contribution in [1.29, 1.82) is 10.5 Å². The summed E-state index contributed by atoms with van der Waals surface area (Å²) in [6, 6.07) is 12.3.